The second-order valence-electron chi connectivity index (χ2n) is 8.17. The van der Waals surface area contributed by atoms with E-state index in [0.29, 0.717) is 32.2 Å². The maximum Gasteiger partial charge on any atom is 0.232 e. The van der Waals surface area contributed by atoms with Crippen LogP contribution in [0.25, 0.3) is 11.3 Å². The maximum absolute atomic E-state index is 10.5. The highest BCUT2D eigenvalue weighted by atomic mass is 16.5. The molecule has 1 atom stereocenters. The van der Waals surface area contributed by atoms with Gasteiger partial charge in [0.05, 0.1) is 18.3 Å². The number of benzene rings is 1. The lowest BCUT2D eigenvalue weighted by Crippen LogP contribution is -2.36. The van der Waals surface area contributed by atoms with Gasteiger partial charge in [-0.2, -0.15) is 0 Å². The number of hydrogen-bond donors (Lipinski definition) is 1. The van der Waals surface area contributed by atoms with E-state index >= 15 is 0 Å². The van der Waals surface area contributed by atoms with Crippen LogP contribution in [-0.4, -0.2) is 60.7 Å². The summed E-state index contributed by atoms with van der Waals surface area (Å²) >= 11 is 0. The average molecular weight is 418 g/mol. The summed E-state index contributed by atoms with van der Waals surface area (Å²) in [4.78, 5) is 4.47. The minimum absolute atomic E-state index is 0.358. The molecule has 0 bridgehead atoms. The van der Waals surface area contributed by atoms with E-state index in [1.807, 2.05) is 18.2 Å². The van der Waals surface area contributed by atoms with Crippen LogP contribution in [0.3, 0.4) is 0 Å². The third kappa shape index (κ3) is 7.11. The highest BCUT2D eigenvalue weighted by Gasteiger charge is 2.24. The smallest absolute Gasteiger partial charge is 0.232 e. The molecule has 1 heterocycles. The minimum Gasteiger partial charge on any atom is -0.389 e. The molecule has 0 aliphatic heterocycles. The summed E-state index contributed by atoms with van der Waals surface area (Å²) in [7, 11) is 0. The van der Waals surface area contributed by atoms with Crippen molar-refractivity contribution in [2.75, 3.05) is 44.3 Å². The van der Waals surface area contributed by atoms with E-state index < -0.39 is 6.10 Å². The van der Waals surface area contributed by atoms with Crippen molar-refractivity contribution in [3.05, 3.63) is 35.9 Å². The normalized spacial score (nSPS) is 12.7. The molecule has 2 rings (SSSR count). The summed E-state index contributed by atoms with van der Waals surface area (Å²) in [6.45, 7) is 15.5. The van der Waals surface area contributed by atoms with Crippen LogP contribution < -0.4 is 4.90 Å². The molecule has 0 aliphatic carbocycles. The predicted molar refractivity (Wildman–Crippen MR) is 123 cm³/mol. The fraction of sp³-hybridized carbons (Fsp3) is 0.625. The van der Waals surface area contributed by atoms with E-state index in [2.05, 4.69) is 61.7 Å². The molecule has 0 aliphatic rings. The van der Waals surface area contributed by atoms with Gasteiger partial charge in [-0.25, -0.2) is 0 Å². The zero-order valence-corrected chi connectivity index (χ0v) is 19.3. The maximum atomic E-state index is 10.5. The Balaban J connectivity index is 2.23. The lowest BCUT2D eigenvalue weighted by molar-refractivity contribution is 0.00693. The van der Waals surface area contributed by atoms with Crippen molar-refractivity contribution < 1.29 is 14.4 Å². The van der Waals surface area contributed by atoms with Crippen LogP contribution in [-0.2, 0) is 11.3 Å². The van der Waals surface area contributed by atoms with Gasteiger partial charge in [0.15, 0.2) is 0 Å². The molecule has 0 saturated carbocycles. The fourth-order valence-electron chi connectivity index (χ4n) is 3.59. The summed E-state index contributed by atoms with van der Waals surface area (Å²) in [6.07, 6.45) is 0.485. The highest BCUT2D eigenvalue weighted by molar-refractivity contribution is 5.68. The molecule has 1 aromatic heterocycles. The first kappa shape index (κ1) is 24.4. The van der Waals surface area contributed by atoms with Crippen LogP contribution in [0.4, 0.5) is 5.88 Å². The van der Waals surface area contributed by atoms with Crippen LogP contribution in [0.15, 0.2) is 34.9 Å². The monoisotopic (exact) mass is 417 g/mol. The first-order valence-electron chi connectivity index (χ1n) is 11.3. The van der Waals surface area contributed by atoms with Gasteiger partial charge in [-0.15, -0.1) is 0 Å². The Morgan fingerprint density at radius 2 is 1.77 bits per heavy atom. The molecule has 0 fully saturated rings. The van der Waals surface area contributed by atoms with Gasteiger partial charge < -0.3 is 19.3 Å². The van der Waals surface area contributed by atoms with Gasteiger partial charge in [0.1, 0.15) is 5.69 Å². The van der Waals surface area contributed by atoms with Crippen LogP contribution in [0.1, 0.15) is 46.6 Å². The molecule has 0 unspecified atom stereocenters. The molecule has 6 heteroatoms. The number of ether oxygens (including phenoxy) is 1. The molecule has 2 aromatic rings. The zero-order valence-electron chi connectivity index (χ0n) is 19.3. The van der Waals surface area contributed by atoms with Gasteiger partial charge >= 0.3 is 0 Å². The molecule has 0 spiro atoms. The van der Waals surface area contributed by atoms with E-state index in [1.165, 1.54) is 0 Å². The first-order chi connectivity index (χ1) is 14.5. The summed E-state index contributed by atoms with van der Waals surface area (Å²) in [6, 6.07) is 10.2. The van der Waals surface area contributed by atoms with Gasteiger partial charge in [0, 0.05) is 38.3 Å². The second-order valence-corrected chi connectivity index (χ2v) is 8.17. The molecule has 168 valence electrons. The van der Waals surface area contributed by atoms with E-state index in [0.717, 1.165) is 48.8 Å². The van der Waals surface area contributed by atoms with E-state index in [1.54, 1.807) is 0 Å². The minimum atomic E-state index is -0.521. The van der Waals surface area contributed by atoms with E-state index in [9.17, 15) is 5.11 Å². The molecule has 0 amide bonds. The van der Waals surface area contributed by atoms with Crippen molar-refractivity contribution in [3.63, 3.8) is 0 Å². The molecule has 30 heavy (non-hydrogen) atoms. The quantitative estimate of drug-likeness (QED) is 0.490. The predicted octanol–water partition coefficient (Wildman–Crippen LogP) is 4.43. The van der Waals surface area contributed by atoms with Crippen LogP contribution in [0, 0.1) is 5.92 Å². The largest absolute Gasteiger partial charge is 0.389 e. The Morgan fingerprint density at radius 3 is 2.37 bits per heavy atom. The lowest BCUT2D eigenvalue weighted by Gasteiger charge is -2.26. The van der Waals surface area contributed by atoms with Crippen molar-refractivity contribution >= 4 is 5.88 Å². The number of anilines is 1. The van der Waals surface area contributed by atoms with Gasteiger partial charge in [-0.3, -0.25) is 4.90 Å². The SMILES string of the molecule is CCCN(Cc1c(-c2ccccc2)noc1N(CC)CC)C[C@H](O)COCC(C)C. The Kier molecular flexibility index (Phi) is 10.3. The molecule has 6 nitrogen and oxygen atoms in total. The molecule has 0 saturated heterocycles. The Hall–Kier alpha value is -1.89. The van der Waals surface area contributed by atoms with Gasteiger partial charge in [0.2, 0.25) is 5.88 Å². The van der Waals surface area contributed by atoms with Crippen LogP contribution in [0.2, 0.25) is 0 Å². The number of hydrogen-bond acceptors (Lipinski definition) is 6. The topological polar surface area (TPSA) is 62.0 Å². The van der Waals surface area contributed by atoms with Gasteiger partial charge in [-0.1, -0.05) is 56.3 Å². The summed E-state index contributed by atoms with van der Waals surface area (Å²) in [5, 5.41) is 15.0. The van der Waals surface area contributed by atoms with Crippen molar-refractivity contribution in [2.24, 2.45) is 5.92 Å². The summed E-state index contributed by atoms with van der Waals surface area (Å²) < 4.78 is 11.5. The Bertz CT molecular complexity index is 714. The number of aliphatic hydroxyl groups is 1. The van der Waals surface area contributed by atoms with Crippen molar-refractivity contribution in [2.45, 2.75) is 53.7 Å². The number of nitrogens with zero attached hydrogens (tertiary/aromatic N) is 3. The third-order valence-corrected chi connectivity index (χ3v) is 5.02. The summed E-state index contributed by atoms with van der Waals surface area (Å²) in [5.74, 6) is 1.29. The average Bonchev–Trinajstić information content (AvgIpc) is 3.13. The van der Waals surface area contributed by atoms with Crippen molar-refractivity contribution in [3.8, 4) is 11.3 Å². The van der Waals surface area contributed by atoms with Crippen molar-refractivity contribution in [1.82, 2.24) is 10.1 Å². The molecular formula is C24H39N3O3. The van der Waals surface area contributed by atoms with Crippen LogP contribution in [0.5, 0.6) is 0 Å². The third-order valence-electron chi connectivity index (χ3n) is 5.02. The standard InChI is InChI=1S/C24H39N3O3/c1-6-14-26(15-21(28)18-29-17-19(4)5)16-22-23(20-12-10-9-11-13-20)25-30-24(22)27(7-2)8-3/h9-13,19,21,28H,6-8,14-18H2,1-5H3/t21-/m0/s1. The second kappa shape index (κ2) is 12.7. The van der Waals surface area contributed by atoms with E-state index in [-0.39, 0.29) is 0 Å². The summed E-state index contributed by atoms with van der Waals surface area (Å²) in [5.41, 5.74) is 3.00. The lowest BCUT2D eigenvalue weighted by atomic mass is 10.1. The van der Waals surface area contributed by atoms with E-state index in [4.69, 9.17) is 9.26 Å². The first-order valence-corrected chi connectivity index (χ1v) is 11.3. The Labute approximate surface area is 181 Å². The van der Waals surface area contributed by atoms with Crippen LogP contribution >= 0.6 is 0 Å². The highest BCUT2D eigenvalue weighted by Crippen LogP contribution is 2.32. The van der Waals surface area contributed by atoms with Crippen molar-refractivity contribution in [1.29, 1.82) is 0 Å². The molecular weight excluding hydrogens is 378 g/mol. The number of aromatic nitrogens is 1. The van der Waals surface area contributed by atoms with Gasteiger partial charge in [0.25, 0.3) is 0 Å². The number of rotatable bonds is 14. The zero-order chi connectivity index (χ0) is 21.9. The Morgan fingerprint density at radius 1 is 1.07 bits per heavy atom. The van der Waals surface area contributed by atoms with Gasteiger partial charge in [-0.05, 0) is 32.7 Å². The number of aliphatic hydroxyl groups excluding tert-OH is 1. The molecule has 1 N–H and O–H groups in total. The molecule has 0 radical (unpaired) electrons. The fourth-order valence-corrected chi connectivity index (χ4v) is 3.59. The molecule has 1 aromatic carbocycles.